The van der Waals surface area contributed by atoms with E-state index in [9.17, 15) is 8.78 Å². The van der Waals surface area contributed by atoms with Gasteiger partial charge in [-0.05, 0) is 39.0 Å². The second-order valence-corrected chi connectivity index (χ2v) is 8.56. The summed E-state index contributed by atoms with van der Waals surface area (Å²) in [7, 11) is 7.39. The summed E-state index contributed by atoms with van der Waals surface area (Å²) < 4.78 is 38.4. The molecule has 0 saturated carbocycles. The fourth-order valence-corrected chi connectivity index (χ4v) is 4.43. The average molecular weight is 436 g/mol. The number of likely N-dealkylation sites (tertiary alicyclic amines) is 1. The molecule has 0 unspecified atom stereocenters. The van der Waals surface area contributed by atoms with Crippen molar-refractivity contribution in [1.29, 1.82) is 0 Å². The average Bonchev–Trinajstić information content (AvgIpc) is 2.77. The van der Waals surface area contributed by atoms with Gasteiger partial charge in [0, 0.05) is 50.5 Å². The third-order valence-electron chi connectivity index (χ3n) is 6.52. The number of halogens is 2. The van der Waals surface area contributed by atoms with Gasteiger partial charge in [0.05, 0.1) is 19.7 Å². The molecule has 0 aliphatic carbocycles. The Bertz CT molecular complexity index is 924. The summed E-state index contributed by atoms with van der Waals surface area (Å²) in [5.74, 6) is -0.130. The highest BCUT2D eigenvalue weighted by Crippen LogP contribution is 2.38. The number of alkyl halides is 2. The molecule has 2 aromatic rings. The molecule has 1 aromatic heterocycles. The van der Waals surface area contributed by atoms with Crippen molar-refractivity contribution in [1.82, 2.24) is 14.9 Å². The SMILES string of the molecule is COc1cc2nc(N3CCC(F)(F)CC3)nc(N(C)C3CCN(C)CC3)c2cc1OC. The normalized spacial score (nSPS) is 20.1. The van der Waals surface area contributed by atoms with E-state index in [2.05, 4.69) is 23.9 Å². The van der Waals surface area contributed by atoms with Crippen LogP contribution in [0.5, 0.6) is 11.5 Å². The Hall–Kier alpha value is -2.42. The first-order chi connectivity index (χ1) is 14.8. The van der Waals surface area contributed by atoms with Crippen LogP contribution < -0.4 is 19.3 Å². The van der Waals surface area contributed by atoms with Gasteiger partial charge in [-0.3, -0.25) is 0 Å². The number of nitrogens with zero attached hydrogens (tertiary/aromatic N) is 5. The zero-order valence-electron chi connectivity index (χ0n) is 18.7. The first kappa shape index (κ1) is 21.8. The van der Waals surface area contributed by atoms with E-state index in [1.165, 1.54) is 0 Å². The lowest BCUT2D eigenvalue weighted by molar-refractivity contribution is -0.0222. The molecule has 0 radical (unpaired) electrons. The van der Waals surface area contributed by atoms with Crippen molar-refractivity contribution in [2.24, 2.45) is 0 Å². The van der Waals surface area contributed by atoms with Gasteiger partial charge >= 0.3 is 0 Å². The summed E-state index contributed by atoms with van der Waals surface area (Å²) in [6.45, 7) is 2.54. The van der Waals surface area contributed by atoms with Crippen LogP contribution in [0.3, 0.4) is 0 Å². The molecule has 0 spiro atoms. The molecule has 2 fully saturated rings. The molecule has 0 atom stereocenters. The van der Waals surface area contributed by atoms with Crippen molar-refractivity contribution in [2.75, 3.05) is 64.3 Å². The zero-order valence-corrected chi connectivity index (χ0v) is 18.7. The Morgan fingerprint density at radius 2 is 1.61 bits per heavy atom. The largest absolute Gasteiger partial charge is 0.493 e. The van der Waals surface area contributed by atoms with Crippen LogP contribution in [-0.2, 0) is 0 Å². The van der Waals surface area contributed by atoms with Gasteiger partial charge in [-0.1, -0.05) is 0 Å². The maximum atomic E-state index is 13.7. The maximum absolute atomic E-state index is 13.7. The molecule has 2 aliphatic rings. The number of hydrogen-bond donors (Lipinski definition) is 0. The molecule has 1 aromatic carbocycles. The molecule has 2 aliphatic heterocycles. The number of anilines is 2. The van der Waals surface area contributed by atoms with Gasteiger partial charge in [-0.2, -0.15) is 4.98 Å². The van der Waals surface area contributed by atoms with Gasteiger partial charge in [0.1, 0.15) is 5.82 Å². The van der Waals surface area contributed by atoms with Gasteiger partial charge in [0.2, 0.25) is 5.95 Å². The van der Waals surface area contributed by atoms with Gasteiger partial charge < -0.3 is 24.2 Å². The Kier molecular flexibility index (Phi) is 6.05. The number of rotatable bonds is 5. The monoisotopic (exact) mass is 435 g/mol. The fourth-order valence-electron chi connectivity index (χ4n) is 4.43. The molecule has 0 bridgehead atoms. The van der Waals surface area contributed by atoms with Gasteiger partial charge in [0.15, 0.2) is 11.5 Å². The fraction of sp³-hybridized carbons (Fsp3) is 0.636. The van der Waals surface area contributed by atoms with Crippen molar-refractivity contribution in [3.8, 4) is 11.5 Å². The number of fused-ring (bicyclic) bond motifs is 1. The van der Waals surface area contributed by atoms with Crippen LogP contribution in [0, 0.1) is 0 Å². The molecule has 7 nitrogen and oxygen atoms in total. The van der Waals surface area contributed by atoms with Crippen LogP contribution >= 0.6 is 0 Å². The smallest absolute Gasteiger partial charge is 0.251 e. The van der Waals surface area contributed by atoms with Crippen molar-refractivity contribution >= 4 is 22.7 Å². The van der Waals surface area contributed by atoms with Gasteiger partial charge in [-0.25, -0.2) is 13.8 Å². The Morgan fingerprint density at radius 1 is 1.00 bits per heavy atom. The Balaban J connectivity index is 1.77. The highest BCUT2D eigenvalue weighted by Gasteiger charge is 2.35. The Labute approximate surface area is 181 Å². The van der Waals surface area contributed by atoms with E-state index in [1.54, 1.807) is 14.2 Å². The van der Waals surface area contributed by atoms with E-state index >= 15 is 0 Å². The van der Waals surface area contributed by atoms with Crippen LogP contribution in [0.15, 0.2) is 12.1 Å². The summed E-state index contributed by atoms with van der Waals surface area (Å²) in [5.41, 5.74) is 0.717. The topological polar surface area (TPSA) is 54.0 Å². The third-order valence-corrected chi connectivity index (χ3v) is 6.52. The molecule has 0 amide bonds. The predicted octanol–water partition coefficient (Wildman–Crippen LogP) is 3.41. The molecule has 3 heterocycles. The summed E-state index contributed by atoms with van der Waals surface area (Å²) in [5, 5.41) is 0.866. The molecule has 0 N–H and O–H groups in total. The summed E-state index contributed by atoms with van der Waals surface area (Å²) in [6.07, 6.45) is 1.72. The molecule has 170 valence electrons. The lowest BCUT2D eigenvalue weighted by Gasteiger charge is -2.37. The van der Waals surface area contributed by atoms with Crippen LogP contribution in [0.2, 0.25) is 0 Å². The molecule has 9 heteroatoms. The standard InChI is InChI=1S/C22H31F2N5O2/c1-27-9-5-15(6-10-27)28(2)20-16-13-18(30-3)19(31-4)14-17(16)25-21(26-20)29-11-7-22(23,24)8-12-29/h13-15H,5-12H2,1-4H3. The van der Waals surface area contributed by atoms with Crippen LogP contribution in [0.1, 0.15) is 25.7 Å². The maximum Gasteiger partial charge on any atom is 0.251 e. The second kappa shape index (κ2) is 8.61. The first-order valence-corrected chi connectivity index (χ1v) is 10.8. The zero-order chi connectivity index (χ0) is 22.2. The van der Waals surface area contributed by atoms with Crippen LogP contribution in [0.4, 0.5) is 20.5 Å². The lowest BCUT2D eigenvalue weighted by Crippen LogP contribution is -2.43. The third kappa shape index (κ3) is 4.46. The molecular formula is C22H31F2N5O2. The summed E-state index contributed by atoms with van der Waals surface area (Å²) in [4.78, 5) is 16.0. The highest BCUT2D eigenvalue weighted by molar-refractivity contribution is 5.93. The predicted molar refractivity (Wildman–Crippen MR) is 118 cm³/mol. The minimum Gasteiger partial charge on any atom is -0.493 e. The second-order valence-electron chi connectivity index (χ2n) is 8.56. The van der Waals surface area contributed by atoms with E-state index in [0.717, 1.165) is 42.7 Å². The van der Waals surface area contributed by atoms with Crippen molar-refractivity contribution in [3.05, 3.63) is 12.1 Å². The quantitative estimate of drug-likeness (QED) is 0.713. The lowest BCUT2D eigenvalue weighted by atomic mass is 10.0. The molecule has 31 heavy (non-hydrogen) atoms. The number of methoxy groups -OCH3 is 2. The minimum absolute atomic E-state index is 0.180. The summed E-state index contributed by atoms with van der Waals surface area (Å²) in [6, 6.07) is 4.09. The van der Waals surface area contributed by atoms with E-state index in [1.807, 2.05) is 17.0 Å². The molecule has 4 rings (SSSR count). The van der Waals surface area contributed by atoms with E-state index < -0.39 is 5.92 Å². The van der Waals surface area contributed by atoms with Crippen LogP contribution in [0.25, 0.3) is 10.9 Å². The van der Waals surface area contributed by atoms with Gasteiger partial charge in [0.25, 0.3) is 5.92 Å². The van der Waals surface area contributed by atoms with Gasteiger partial charge in [-0.15, -0.1) is 0 Å². The highest BCUT2D eigenvalue weighted by atomic mass is 19.3. The minimum atomic E-state index is -2.61. The number of aromatic nitrogens is 2. The summed E-state index contributed by atoms with van der Waals surface area (Å²) >= 11 is 0. The number of hydrogen-bond acceptors (Lipinski definition) is 7. The molecular weight excluding hydrogens is 404 g/mol. The Morgan fingerprint density at radius 3 is 2.23 bits per heavy atom. The van der Waals surface area contributed by atoms with Crippen molar-refractivity contribution in [2.45, 2.75) is 37.6 Å². The van der Waals surface area contributed by atoms with Crippen LogP contribution in [-0.4, -0.2) is 81.3 Å². The molecule has 2 saturated heterocycles. The number of benzene rings is 1. The first-order valence-electron chi connectivity index (χ1n) is 10.8. The van der Waals surface area contributed by atoms with E-state index in [4.69, 9.17) is 19.4 Å². The number of piperidine rings is 2. The van der Waals surface area contributed by atoms with E-state index in [0.29, 0.717) is 23.5 Å². The van der Waals surface area contributed by atoms with E-state index in [-0.39, 0.29) is 25.9 Å². The van der Waals surface area contributed by atoms with Crippen molar-refractivity contribution < 1.29 is 18.3 Å². The van der Waals surface area contributed by atoms with Crippen molar-refractivity contribution in [3.63, 3.8) is 0 Å². The number of ether oxygens (including phenoxy) is 2.